The van der Waals surface area contributed by atoms with Gasteiger partial charge in [-0.3, -0.25) is 4.79 Å². The summed E-state index contributed by atoms with van der Waals surface area (Å²) in [5.74, 6) is 1.84. The van der Waals surface area contributed by atoms with E-state index >= 15 is 0 Å². The summed E-state index contributed by atoms with van der Waals surface area (Å²) >= 11 is 7.72. The minimum absolute atomic E-state index is 0.0376. The van der Waals surface area contributed by atoms with E-state index in [0.717, 1.165) is 54.6 Å². The number of amides is 1. The summed E-state index contributed by atoms with van der Waals surface area (Å²) in [5, 5.41) is 7.60. The Hall–Kier alpha value is -1.70. The first kappa shape index (κ1) is 20.0. The van der Waals surface area contributed by atoms with Gasteiger partial charge in [-0.2, -0.15) is 0 Å². The van der Waals surface area contributed by atoms with Crippen LogP contribution in [-0.4, -0.2) is 54.9 Å². The number of nitrogens with zero attached hydrogens (tertiary/aromatic N) is 3. The monoisotopic (exact) mass is 408 g/mol. The summed E-state index contributed by atoms with van der Waals surface area (Å²) in [6, 6.07) is 5.68. The molecule has 0 aliphatic carbocycles. The van der Waals surface area contributed by atoms with E-state index in [9.17, 15) is 4.79 Å². The first-order valence-corrected chi connectivity index (χ1v) is 10.5. The van der Waals surface area contributed by atoms with Gasteiger partial charge in [-0.05, 0) is 39.1 Å². The van der Waals surface area contributed by atoms with Crippen molar-refractivity contribution >= 4 is 40.6 Å². The highest BCUT2D eigenvalue weighted by Gasteiger charge is 2.18. The quantitative estimate of drug-likeness (QED) is 0.788. The van der Waals surface area contributed by atoms with Gasteiger partial charge < -0.3 is 19.6 Å². The maximum atomic E-state index is 12.5. The fourth-order valence-electron chi connectivity index (χ4n) is 3.07. The smallest absolute Gasteiger partial charge is 0.234 e. The molecule has 1 aliphatic heterocycles. The highest BCUT2D eigenvalue weighted by molar-refractivity contribution is 7.99. The third-order valence-electron chi connectivity index (χ3n) is 4.74. The van der Waals surface area contributed by atoms with Crippen LogP contribution in [-0.2, 0) is 10.5 Å². The lowest BCUT2D eigenvalue weighted by molar-refractivity contribution is -0.113. The van der Waals surface area contributed by atoms with E-state index in [1.807, 2.05) is 32.0 Å². The molecule has 0 atom stereocenters. The van der Waals surface area contributed by atoms with Crippen LogP contribution >= 0.6 is 23.4 Å². The van der Waals surface area contributed by atoms with Crippen LogP contribution in [0.25, 0.3) is 0 Å². The van der Waals surface area contributed by atoms with Crippen molar-refractivity contribution in [2.45, 2.75) is 19.6 Å². The molecule has 1 fully saturated rings. The molecule has 2 heterocycles. The minimum atomic E-state index is -0.0376. The van der Waals surface area contributed by atoms with Gasteiger partial charge >= 0.3 is 0 Å². The van der Waals surface area contributed by atoms with Crippen molar-refractivity contribution in [3.05, 3.63) is 40.2 Å². The lowest BCUT2D eigenvalue weighted by Gasteiger charge is -2.35. The largest absolute Gasteiger partial charge is 0.367 e. The molecule has 0 saturated carbocycles. The van der Waals surface area contributed by atoms with Gasteiger partial charge in [0.25, 0.3) is 0 Å². The number of hydrogen-bond donors (Lipinski definition) is 1. The van der Waals surface area contributed by atoms with Crippen LogP contribution in [0.1, 0.15) is 17.0 Å². The molecule has 27 heavy (non-hydrogen) atoms. The minimum Gasteiger partial charge on any atom is -0.367 e. The molecule has 3 rings (SSSR count). The molecule has 1 N–H and O–H groups in total. The summed E-state index contributed by atoms with van der Waals surface area (Å²) in [6.07, 6.45) is 0. The standard InChI is InChI=1S/C19H25ClN4O2S/c1-13-16(14(2)26-22-13)11-27-12-19(25)21-17-10-15(20)4-5-18(17)24-8-6-23(3)7-9-24/h4-5,10H,6-9,11-12H2,1-3H3,(H,21,25). The molecule has 1 amide bonds. The highest BCUT2D eigenvalue weighted by Crippen LogP contribution is 2.30. The molecule has 1 aromatic carbocycles. The van der Waals surface area contributed by atoms with E-state index in [1.54, 1.807) is 11.8 Å². The Bertz CT molecular complexity index is 784. The van der Waals surface area contributed by atoms with Gasteiger partial charge in [0, 0.05) is 42.5 Å². The number of piperazine rings is 1. The van der Waals surface area contributed by atoms with Gasteiger partial charge in [-0.25, -0.2) is 0 Å². The Morgan fingerprint density at radius 2 is 2.04 bits per heavy atom. The molecule has 1 aromatic heterocycles. The van der Waals surface area contributed by atoms with Crippen molar-refractivity contribution < 1.29 is 9.32 Å². The van der Waals surface area contributed by atoms with E-state index in [1.165, 1.54) is 0 Å². The highest BCUT2D eigenvalue weighted by atomic mass is 35.5. The number of carbonyl (C=O) groups is 1. The molecule has 0 spiro atoms. The number of hydrogen-bond acceptors (Lipinski definition) is 6. The predicted octanol–water partition coefficient (Wildman–Crippen LogP) is 3.57. The molecule has 1 saturated heterocycles. The second kappa shape index (κ2) is 8.99. The molecule has 146 valence electrons. The fraction of sp³-hybridized carbons (Fsp3) is 0.474. The Kier molecular flexibility index (Phi) is 6.68. The second-order valence-corrected chi connectivity index (χ2v) is 8.22. The van der Waals surface area contributed by atoms with Gasteiger partial charge in [0.2, 0.25) is 5.91 Å². The van der Waals surface area contributed by atoms with Crippen molar-refractivity contribution in [3.63, 3.8) is 0 Å². The van der Waals surface area contributed by atoms with E-state index < -0.39 is 0 Å². The van der Waals surface area contributed by atoms with E-state index in [2.05, 4.69) is 27.3 Å². The molecule has 6 nitrogen and oxygen atoms in total. The molecular weight excluding hydrogens is 384 g/mol. The average Bonchev–Trinajstić information content (AvgIpc) is 2.95. The van der Waals surface area contributed by atoms with Crippen molar-refractivity contribution in [1.82, 2.24) is 10.1 Å². The fourth-order valence-corrected chi connectivity index (χ4v) is 4.22. The van der Waals surface area contributed by atoms with Crippen molar-refractivity contribution in [1.29, 1.82) is 0 Å². The van der Waals surface area contributed by atoms with Crippen molar-refractivity contribution in [2.24, 2.45) is 0 Å². The van der Waals surface area contributed by atoms with E-state index in [0.29, 0.717) is 16.5 Å². The van der Waals surface area contributed by atoms with Crippen LogP contribution in [0.3, 0.4) is 0 Å². The van der Waals surface area contributed by atoms with Gasteiger partial charge in [-0.15, -0.1) is 11.8 Å². The van der Waals surface area contributed by atoms with Crippen molar-refractivity contribution in [2.75, 3.05) is 49.2 Å². The first-order chi connectivity index (χ1) is 12.9. The third kappa shape index (κ3) is 5.18. The number of thioether (sulfide) groups is 1. The number of carbonyl (C=O) groups excluding carboxylic acids is 1. The topological polar surface area (TPSA) is 61.6 Å². The Balaban J connectivity index is 1.60. The third-order valence-corrected chi connectivity index (χ3v) is 5.93. The van der Waals surface area contributed by atoms with Crippen molar-refractivity contribution in [3.8, 4) is 0 Å². The van der Waals surface area contributed by atoms with Crippen LogP contribution in [0.5, 0.6) is 0 Å². The zero-order chi connectivity index (χ0) is 19.4. The number of anilines is 2. The molecule has 0 unspecified atom stereocenters. The lowest BCUT2D eigenvalue weighted by atomic mass is 10.2. The van der Waals surface area contributed by atoms with Crippen LogP contribution in [0.4, 0.5) is 11.4 Å². The second-order valence-electron chi connectivity index (χ2n) is 6.80. The van der Waals surface area contributed by atoms with Crippen LogP contribution in [0.2, 0.25) is 5.02 Å². The number of halogens is 1. The number of aromatic nitrogens is 1. The summed E-state index contributed by atoms with van der Waals surface area (Å²) in [7, 11) is 2.12. The number of nitrogens with one attached hydrogen (secondary N) is 1. The van der Waals surface area contributed by atoms with Gasteiger partial charge in [0.15, 0.2) is 0 Å². The molecule has 2 aromatic rings. The Labute approximate surface area is 169 Å². The average molecular weight is 409 g/mol. The zero-order valence-electron chi connectivity index (χ0n) is 15.9. The summed E-state index contributed by atoms with van der Waals surface area (Å²) in [4.78, 5) is 17.1. The molecular formula is C19H25ClN4O2S. The summed E-state index contributed by atoms with van der Waals surface area (Å²) in [6.45, 7) is 7.68. The lowest BCUT2D eigenvalue weighted by Crippen LogP contribution is -2.44. The van der Waals surface area contributed by atoms with E-state index in [4.69, 9.17) is 16.1 Å². The van der Waals surface area contributed by atoms with Crippen LogP contribution in [0, 0.1) is 13.8 Å². The summed E-state index contributed by atoms with van der Waals surface area (Å²) in [5.41, 5.74) is 3.74. The summed E-state index contributed by atoms with van der Waals surface area (Å²) < 4.78 is 5.16. The van der Waals surface area contributed by atoms with Gasteiger partial charge in [0.1, 0.15) is 5.76 Å². The maximum absolute atomic E-state index is 12.5. The Morgan fingerprint density at radius 1 is 1.30 bits per heavy atom. The van der Waals surface area contributed by atoms with Gasteiger partial charge in [0.05, 0.1) is 22.8 Å². The molecule has 1 aliphatic rings. The molecule has 0 bridgehead atoms. The maximum Gasteiger partial charge on any atom is 0.234 e. The molecule has 8 heteroatoms. The number of aryl methyl sites for hydroxylation is 2. The number of rotatable bonds is 6. The zero-order valence-corrected chi connectivity index (χ0v) is 17.5. The molecule has 0 radical (unpaired) electrons. The van der Waals surface area contributed by atoms with E-state index in [-0.39, 0.29) is 5.91 Å². The predicted molar refractivity (Wildman–Crippen MR) is 112 cm³/mol. The SMILES string of the molecule is Cc1noc(C)c1CSCC(=O)Nc1cc(Cl)ccc1N1CCN(C)CC1. The Morgan fingerprint density at radius 3 is 2.70 bits per heavy atom. The number of benzene rings is 1. The number of likely N-dealkylation sites (N-methyl/N-ethyl adjacent to an activating group) is 1. The first-order valence-electron chi connectivity index (χ1n) is 8.96. The van der Waals surface area contributed by atoms with Gasteiger partial charge in [-0.1, -0.05) is 16.8 Å². The van der Waals surface area contributed by atoms with Crippen LogP contribution in [0.15, 0.2) is 22.7 Å². The normalized spacial score (nSPS) is 15.2. The van der Waals surface area contributed by atoms with Crippen LogP contribution < -0.4 is 10.2 Å².